The lowest BCUT2D eigenvalue weighted by Gasteiger charge is -2.48. The summed E-state index contributed by atoms with van der Waals surface area (Å²) in [4.78, 5) is 0. The van der Waals surface area contributed by atoms with Crippen LogP contribution in [0.2, 0.25) is 0 Å². The molecule has 1 saturated carbocycles. The van der Waals surface area contributed by atoms with Crippen molar-refractivity contribution >= 4 is 0 Å². The molecule has 3 N–H and O–H groups in total. The Morgan fingerprint density at radius 1 is 1.33 bits per heavy atom. The molecule has 1 fully saturated rings. The Hall–Kier alpha value is -0.0800. The molecular weight excluding hydrogens is 186 g/mol. The third-order valence-corrected chi connectivity index (χ3v) is 4.57. The maximum absolute atomic E-state index is 8.77. The molecule has 0 aliphatic heterocycles. The lowest BCUT2D eigenvalue weighted by atomic mass is 9.58. The van der Waals surface area contributed by atoms with Crippen LogP contribution in [0.4, 0.5) is 0 Å². The molecule has 0 aromatic rings. The zero-order valence-corrected chi connectivity index (χ0v) is 10.3. The van der Waals surface area contributed by atoms with Gasteiger partial charge in [-0.05, 0) is 49.5 Å². The monoisotopic (exact) mass is 213 g/mol. The predicted molar refractivity (Wildman–Crippen MR) is 64.6 cm³/mol. The fourth-order valence-corrected chi connectivity index (χ4v) is 2.91. The normalized spacial score (nSPS) is 29.6. The summed E-state index contributed by atoms with van der Waals surface area (Å²) in [5.41, 5.74) is 6.27. The summed E-state index contributed by atoms with van der Waals surface area (Å²) in [7, 11) is 0. The molecule has 90 valence electrons. The number of hydrogen-bond donors (Lipinski definition) is 2. The Labute approximate surface area is 94.2 Å². The highest BCUT2D eigenvalue weighted by atomic mass is 16.2. The van der Waals surface area contributed by atoms with Gasteiger partial charge in [-0.3, -0.25) is 0 Å². The maximum Gasteiger partial charge on any atom is 0.0431 e. The quantitative estimate of drug-likeness (QED) is 0.638. The molecule has 0 aromatic carbocycles. The Kier molecular flexibility index (Phi) is 5.07. The van der Waals surface area contributed by atoms with E-state index < -0.39 is 0 Å². The van der Waals surface area contributed by atoms with E-state index >= 15 is 0 Å². The van der Waals surface area contributed by atoms with Crippen LogP contribution in [0.3, 0.4) is 0 Å². The molecule has 0 bridgehead atoms. The number of hydrogen-bond acceptors (Lipinski definition) is 2. The molecular formula is C13H27NO. The summed E-state index contributed by atoms with van der Waals surface area (Å²) < 4.78 is 0. The largest absolute Gasteiger partial charge is 0.396 e. The van der Waals surface area contributed by atoms with Crippen LogP contribution < -0.4 is 5.73 Å². The number of rotatable bonds is 7. The van der Waals surface area contributed by atoms with E-state index in [1.54, 1.807) is 0 Å². The maximum atomic E-state index is 8.77. The smallest absolute Gasteiger partial charge is 0.0431 e. The van der Waals surface area contributed by atoms with Crippen molar-refractivity contribution in [1.82, 2.24) is 0 Å². The third-order valence-electron chi connectivity index (χ3n) is 4.57. The van der Waals surface area contributed by atoms with Crippen LogP contribution in [0.5, 0.6) is 0 Å². The average molecular weight is 213 g/mol. The van der Waals surface area contributed by atoms with E-state index in [4.69, 9.17) is 10.8 Å². The summed E-state index contributed by atoms with van der Waals surface area (Å²) in [6, 6.07) is 0. The fraction of sp³-hybridized carbons (Fsp3) is 1.00. The summed E-state index contributed by atoms with van der Waals surface area (Å²) >= 11 is 0. The Morgan fingerprint density at radius 3 is 2.47 bits per heavy atom. The van der Waals surface area contributed by atoms with Crippen molar-refractivity contribution in [2.45, 2.75) is 52.4 Å². The Bertz CT molecular complexity index is 177. The van der Waals surface area contributed by atoms with Gasteiger partial charge in [-0.2, -0.15) is 0 Å². The minimum Gasteiger partial charge on any atom is -0.396 e. The van der Waals surface area contributed by atoms with E-state index in [-0.39, 0.29) is 0 Å². The van der Waals surface area contributed by atoms with Crippen LogP contribution in [-0.2, 0) is 0 Å². The first-order chi connectivity index (χ1) is 7.18. The molecule has 0 saturated heterocycles. The van der Waals surface area contributed by atoms with Gasteiger partial charge in [-0.1, -0.05) is 26.7 Å². The Balaban J connectivity index is 2.36. The number of unbranched alkanes of at least 4 members (excludes halogenated alkanes) is 1. The number of aliphatic hydroxyl groups is 1. The number of nitrogens with two attached hydrogens (primary N) is 1. The van der Waals surface area contributed by atoms with Crippen molar-refractivity contribution in [3.05, 3.63) is 0 Å². The second-order valence-corrected chi connectivity index (χ2v) is 5.38. The van der Waals surface area contributed by atoms with Gasteiger partial charge in [0.15, 0.2) is 0 Å². The summed E-state index contributed by atoms with van der Waals surface area (Å²) in [6.07, 6.45) is 7.39. The molecule has 3 atom stereocenters. The highest BCUT2D eigenvalue weighted by Crippen LogP contribution is 2.49. The lowest BCUT2D eigenvalue weighted by Crippen LogP contribution is -2.44. The van der Waals surface area contributed by atoms with Gasteiger partial charge in [0.2, 0.25) is 0 Å². The van der Waals surface area contributed by atoms with Gasteiger partial charge in [-0.15, -0.1) is 0 Å². The van der Waals surface area contributed by atoms with Crippen molar-refractivity contribution < 1.29 is 5.11 Å². The molecule has 0 aromatic heterocycles. The summed E-state index contributed by atoms with van der Waals surface area (Å²) in [5.74, 6) is 1.72. The summed E-state index contributed by atoms with van der Waals surface area (Å²) in [6.45, 7) is 5.77. The highest BCUT2D eigenvalue weighted by molar-refractivity contribution is 4.93. The van der Waals surface area contributed by atoms with Gasteiger partial charge in [0.05, 0.1) is 0 Å². The fourth-order valence-electron chi connectivity index (χ4n) is 2.91. The predicted octanol–water partition coefficient (Wildman–Crippen LogP) is 2.55. The molecule has 0 radical (unpaired) electrons. The molecule has 0 heterocycles. The minimum atomic E-state index is 0.347. The van der Waals surface area contributed by atoms with Crippen LogP contribution in [0, 0.1) is 17.3 Å². The Morgan fingerprint density at radius 2 is 2.07 bits per heavy atom. The van der Waals surface area contributed by atoms with Crippen molar-refractivity contribution in [3.63, 3.8) is 0 Å². The third kappa shape index (κ3) is 2.94. The van der Waals surface area contributed by atoms with E-state index in [0.29, 0.717) is 12.0 Å². The first-order valence-electron chi connectivity index (χ1n) is 6.49. The van der Waals surface area contributed by atoms with Crippen LogP contribution in [-0.4, -0.2) is 18.3 Å². The molecule has 1 aliphatic carbocycles. The topological polar surface area (TPSA) is 46.2 Å². The molecule has 2 heteroatoms. The molecule has 1 rings (SSSR count). The van der Waals surface area contributed by atoms with E-state index in [9.17, 15) is 0 Å². The zero-order chi connectivity index (χ0) is 11.3. The number of aliphatic hydroxyl groups excluding tert-OH is 1. The van der Waals surface area contributed by atoms with Crippen molar-refractivity contribution in [2.75, 3.05) is 13.2 Å². The average Bonchev–Trinajstić information content (AvgIpc) is 2.22. The summed E-state index contributed by atoms with van der Waals surface area (Å²) in [5, 5.41) is 8.77. The standard InChI is InChI=1S/C13H27NO/c1-3-13(2,10-14)12-8-7-11(12)6-4-5-9-15/h11-12,15H,3-10,14H2,1-2H3. The van der Waals surface area contributed by atoms with Gasteiger partial charge in [0.25, 0.3) is 0 Å². The molecule has 0 amide bonds. The zero-order valence-electron chi connectivity index (χ0n) is 10.3. The molecule has 1 aliphatic rings. The van der Waals surface area contributed by atoms with E-state index in [2.05, 4.69) is 13.8 Å². The minimum absolute atomic E-state index is 0.347. The highest BCUT2D eigenvalue weighted by Gasteiger charge is 2.41. The van der Waals surface area contributed by atoms with Crippen LogP contribution in [0.25, 0.3) is 0 Å². The second-order valence-electron chi connectivity index (χ2n) is 5.38. The van der Waals surface area contributed by atoms with Crippen molar-refractivity contribution in [3.8, 4) is 0 Å². The van der Waals surface area contributed by atoms with E-state index in [1.165, 1.54) is 32.1 Å². The van der Waals surface area contributed by atoms with Crippen molar-refractivity contribution in [1.29, 1.82) is 0 Å². The molecule has 3 unspecified atom stereocenters. The molecule has 15 heavy (non-hydrogen) atoms. The van der Waals surface area contributed by atoms with Crippen LogP contribution >= 0.6 is 0 Å². The van der Waals surface area contributed by atoms with Gasteiger partial charge in [0.1, 0.15) is 0 Å². The van der Waals surface area contributed by atoms with E-state index in [0.717, 1.165) is 24.8 Å². The van der Waals surface area contributed by atoms with E-state index in [1.807, 2.05) is 0 Å². The van der Waals surface area contributed by atoms with Gasteiger partial charge in [0, 0.05) is 6.61 Å². The van der Waals surface area contributed by atoms with Gasteiger partial charge >= 0.3 is 0 Å². The van der Waals surface area contributed by atoms with Crippen molar-refractivity contribution in [2.24, 2.45) is 23.0 Å². The first-order valence-corrected chi connectivity index (χ1v) is 6.49. The second kappa shape index (κ2) is 5.86. The molecule has 0 spiro atoms. The first kappa shape index (κ1) is 13.0. The molecule has 2 nitrogen and oxygen atoms in total. The SMILES string of the molecule is CCC(C)(CN)C1CCC1CCCCO. The van der Waals surface area contributed by atoms with Gasteiger partial charge in [-0.25, -0.2) is 0 Å². The van der Waals surface area contributed by atoms with Gasteiger partial charge < -0.3 is 10.8 Å². The van der Waals surface area contributed by atoms with Crippen LogP contribution in [0.15, 0.2) is 0 Å². The van der Waals surface area contributed by atoms with Crippen LogP contribution in [0.1, 0.15) is 52.4 Å². The lowest BCUT2D eigenvalue weighted by molar-refractivity contribution is 0.0253.